The second-order valence-corrected chi connectivity index (χ2v) is 9.36. The number of carbonyl (C=O) groups is 1. The maximum atomic E-state index is 12.8. The van der Waals surface area contributed by atoms with Gasteiger partial charge in [-0.25, -0.2) is 4.21 Å². The molecule has 0 aliphatic rings. The van der Waals surface area contributed by atoms with Crippen molar-refractivity contribution in [3.8, 4) is 0 Å². The van der Waals surface area contributed by atoms with E-state index in [1.807, 2.05) is 31.2 Å². The van der Waals surface area contributed by atoms with Crippen molar-refractivity contribution < 1.29 is 13.8 Å². The van der Waals surface area contributed by atoms with Crippen molar-refractivity contribution in [1.82, 2.24) is 0 Å². The highest BCUT2D eigenvalue weighted by molar-refractivity contribution is 7.93. The highest BCUT2D eigenvalue weighted by atomic mass is 35.5. The van der Waals surface area contributed by atoms with E-state index in [1.54, 1.807) is 54.6 Å². The molecule has 0 aliphatic carbocycles. The normalized spacial score (nSPS) is 13.4. The molecule has 0 N–H and O–H groups in total. The van der Waals surface area contributed by atoms with Crippen molar-refractivity contribution in [1.29, 1.82) is 0 Å². The summed E-state index contributed by atoms with van der Waals surface area (Å²) in [5, 5.41) is 4.77. The van der Waals surface area contributed by atoms with Crippen LogP contribution in [0.5, 0.6) is 0 Å². The van der Waals surface area contributed by atoms with E-state index in [1.165, 1.54) is 6.26 Å². The average molecular weight is 441 g/mol. The molecule has 1 unspecified atom stereocenters. The summed E-state index contributed by atoms with van der Waals surface area (Å²) < 4.78 is 16.8. The van der Waals surface area contributed by atoms with E-state index in [2.05, 4.69) is 9.52 Å². The number of rotatable bonds is 6. The molecular weight excluding hydrogens is 420 g/mol. The Morgan fingerprint density at radius 2 is 1.67 bits per heavy atom. The third kappa shape index (κ3) is 5.78. The van der Waals surface area contributed by atoms with Gasteiger partial charge in [0.1, 0.15) is 6.61 Å². The lowest BCUT2D eigenvalue weighted by Crippen LogP contribution is -2.04. The minimum atomic E-state index is -2.82. The van der Waals surface area contributed by atoms with Crippen LogP contribution >= 0.6 is 11.6 Å². The third-order valence-corrected chi connectivity index (χ3v) is 6.22. The Morgan fingerprint density at radius 3 is 2.37 bits per heavy atom. The van der Waals surface area contributed by atoms with Gasteiger partial charge in [0.15, 0.2) is 0 Å². The molecule has 3 rings (SSSR count). The van der Waals surface area contributed by atoms with Crippen LogP contribution in [0, 0.1) is 0 Å². The van der Waals surface area contributed by atoms with Crippen LogP contribution in [0.25, 0.3) is 0 Å². The van der Waals surface area contributed by atoms with Crippen LogP contribution in [-0.4, -0.2) is 22.1 Å². The van der Waals surface area contributed by atoms with E-state index in [0.717, 1.165) is 11.1 Å². The largest absolute Gasteiger partial charge is 0.391 e. The van der Waals surface area contributed by atoms with Crippen molar-refractivity contribution in [3.63, 3.8) is 0 Å². The molecule has 3 aromatic carbocycles. The van der Waals surface area contributed by atoms with Gasteiger partial charge in [-0.05, 0) is 54.4 Å². The number of nitrogens with zero attached hydrogens (tertiary/aromatic N) is 2. The third-order valence-electron chi connectivity index (χ3n) is 4.31. The lowest BCUT2D eigenvalue weighted by Gasteiger charge is -2.06. The van der Waals surface area contributed by atoms with Crippen LogP contribution in [0.1, 0.15) is 28.4 Å². The highest BCUT2D eigenvalue weighted by Crippen LogP contribution is 2.15. The number of benzene rings is 3. The fraction of sp³-hybridized carbons (Fsp3) is 0.130. The van der Waals surface area contributed by atoms with Crippen LogP contribution in [0.3, 0.4) is 0 Å². The molecule has 0 fully saturated rings. The molecule has 154 valence electrons. The predicted molar refractivity (Wildman–Crippen MR) is 120 cm³/mol. The quantitative estimate of drug-likeness (QED) is 0.371. The molecular formula is C23H21ClN2O3S. The molecule has 30 heavy (non-hydrogen) atoms. The van der Waals surface area contributed by atoms with E-state index in [9.17, 15) is 9.00 Å². The molecule has 0 saturated carbocycles. The molecule has 5 nitrogen and oxygen atoms in total. The Morgan fingerprint density at radius 1 is 0.967 bits per heavy atom. The maximum absolute atomic E-state index is 12.8. The van der Waals surface area contributed by atoms with Gasteiger partial charge in [-0.2, -0.15) is 4.36 Å². The molecule has 7 heteroatoms. The summed E-state index contributed by atoms with van der Waals surface area (Å²) in [6, 6.07) is 22.9. The summed E-state index contributed by atoms with van der Waals surface area (Å²) in [4.78, 5) is 18.5. The molecule has 0 aliphatic heterocycles. The zero-order valence-electron chi connectivity index (χ0n) is 16.6. The van der Waals surface area contributed by atoms with Crippen molar-refractivity contribution in [2.45, 2.75) is 18.4 Å². The van der Waals surface area contributed by atoms with Crippen LogP contribution in [0.4, 0.5) is 0 Å². The summed E-state index contributed by atoms with van der Waals surface area (Å²) >= 11 is 5.89. The number of oxime groups is 1. The zero-order chi connectivity index (χ0) is 21.6. The number of hydrogen-bond acceptors (Lipinski definition) is 4. The second-order valence-electron chi connectivity index (χ2n) is 6.67. The predicted octanol–water partition coefficient (Wildman–Crippen LogP) is 5.58. The topological polar surface area (TPSA) is 68.1 Å². The van der Waals surface area contributed by atoms with Gasteiger partial charge < -0.3 is 4.84 Å². The minimum absolute atomic E-state index is 0.187. The monoisotopic (exact) mass is 440 g/mol. The lowest BCUT2D eigenvalue weighted by atomic mass is 10.1. The summed E-state index contributed by atoms with van der Waals surface area (Å²) in [5.74, 6) is -0.533. The van der Waals surface area contributed by atoms with Crippen LogP contribution in [0.2, 0.25) is 5.02 Å². The molecule has 0 radical (unpaired) electrons. The first-order chi connectivity index (χ1) is 14.3. The van der Waals surface area contributed by atoms with Gasteiger partial charge in [0.2, 0.25) is 0 Å². The number of amides is 1. The fourth-order valence-electron chi connectivity index (χ4n) is 2.68. The van der Waals surface area contributed by atoms with Gasteiger partial charge in [0, 0.05) is 21.7 Å². The molecule has 0 saturated heterocycles. The molecule has 1 atom stereocenters. The number of halogens is 1. The van der Waals surface area contributed by atoms with E-state index in [4.69, 9.17) is 16.4 Å². The Kier molecular flexibility index (Phi) is 7.03. The van der Waals surface area contributed by atoms with Crippen LogP contribution in [-0.2, 0) is 21.2 Å². The van der Waals surface area contributed by atoms with Gasteiger partial charge in [-0.1, -0.05) is 59.2 Å². The maximum Gasteiger partial charge on any atom is 0.285 e. The fourth-order valence-corrected chi connectivity index (χ4v) is 3.99. The van der Waals surface area contributed by atoms with Crippen molar-refractivity contribution in [2.24, 2.45) is 9.52 Å². The minimum Gasteiger partial charge on any atom is -0.391 e. The highest BCUT2D eigenvalue weighted by Gasteiger charge is 2.11. The van der Waals surface area contributed by atoms with Crippen molar-refractivity contribution in [3.05, 3.63) is 101 Å². The SMILES string of the molecule is C/C(=N\OCc1cccc(C(=O)N=S(C)(=O)c2ccccc2)c1)c1ccc(Cl)cc1. The first kappa shape index (κ1) is 21.7. The number of carbonyl (C=O) groups excluding carboxylic acids is 1. The van der Waals surface area contributed by atoms with Gasteiger partial charge >= 0.3 is 0 Å². The molecule has 0 heterocycles. The second kappa shape index (κ2) is 9.69. The van der Waals surface area contributed by atoms with Gasteiger partial charge in [0.25, 0.3) is 5.91 Å². The first-order valence-electron chi connectivity index (χ1n) is 9.18. The van der Waals surface area contributed by atoms with E-state index in [-0.39, 0.29) is 6.61 Å². The molecule has 0 bridgehead atoms. The van der Waals surface area contributed by atoms with E-state index in [0.29, 0.717) is 21.2 Å². The molecule has 3 aromatic rings. The summed E-state index contributed by atoms with van der Waals surface area (Å²) in [5.41, 5.74) is 2.72. The Bertz CT molecular complexity index is 1180. The smallest absolute Gasteiger partial charge is 0.285 e. The summed E-state index contributed by atoms with van der Waals surface area (Å²) in [6.07, 6.45) is 1.46. The standard InChI is InChI=1S/C23H21ClN2O3S/c1-17(19-11-13-21(24)14-12-19)25-29-16-18-7-6-8-20(15-18)23(27)26-30(2,28)22-9-4-3-5-10-22/h3-15H,16H2,1-2H3/b25-17+. The van der Waals surface area contributed by atoms with E-state index >= 15 is 0 Å². The Labute approximate surface area is 181 Å². The zero-order valence-corrected chi connectivity index (χ0v) is 18.2. The Balaban J connectivity index is 1.71. The molecule has 0 aromatic heterocycles. The van der Waals surface area contributed by atoms with Crippen LogP contribution in [0.15, 0.2) is 93.3 Å². The average Bonchev–Trinajstić information content (AvgIpc) is 2.75. The summed E-state index contributed by atoms with van der Waals surface area (Å²) in [6.45, 7) is 2.02. The Hall–Kier alpha value is -2.96. The van der Waals surface area contributed by atoms with Gasteiger partial charge in [-0.15, -0.1) is 0 Å². The van der Waals surface area contributed by atoms with Gasteiger partial charge in [0.05, 0.1) is 15.4 Å². The molecule has 0 spiro atoms. The van der Waals surface area contributed by atoms with Crippen LogP contribution < -0.4 is 0 Å². The summed E-state index contributed by atoms with van der Waals surface area (Å²) in [7, 11) is -2.82. The van der Waals surface area contributed by atoms with E-state index < -0.39 is 15.6 Å². The van der Waals surface area contributed by atoms with Crippen molar-refractivity contribution in [2.75, 3.05) is 6.26 Å². The lowest BCUT2D eigenvalue weighted by molar-refractivity contribution is 0.100. The molecule has 1 amide bonds. The number of hydrogen-bond donors (Lipinski definition) is 0. The van der Waals surface area contributed by atoms with Crippen molar-refractivity contribution >= 4 is 32.9 Å². The van der Waals surface area contributed by atoms with Gasteiger partial charge in [-0.3, -0.25) is 4.79 Å². The first-order valence-corrected chi connectivity index (χ1v) is 11.5.